The molecule has 152 valence electrons. The van der Waals surface area contributed by atoms with Crippen LogP contribution in [0.3, 0.4) is 0 Å². The number of rotatable bonds is 7. The molecule has 2 rings (SSSR count). The average Bonchev–Trinajstić information content (AvgIpc) is 2.57. The smallest absolute Gasteiger partial charge is 0.248 e. The van der Waals surface area contributed by atoms with Crippen LogP contribution < -0.4 is 14.4 Å². The van der Waals surface area contributed by atoms with Crippen LogP contribution in [0.5, 0.6) is 5.75 Å². The van der Waals surface area contributed by atoms with Crippen LogP contribution in [0.4, 0.5) is 11.4 Å². The fourth-order valence-corrected chi connectivity index (χ4v) is 4.57. The Morgan fingerprint density at radius 3 is 2.29 bits per heavy atom. The molecular weight excluding hydrogens is 423 g/mol. The van der Waals surface area contributed by atoms with Crippen LogP contribution in [0.15, 0.2) is 36.4 Å². The van der Waals surface area contributed by atoms with Gasteiger partial charge in [-0.15, -0.1) is 0 Å². The minimum atomic E-state index is -3.80. The first-order valence-electron chi connectivity index (χ1n) is 8.47. The number of halogens is 2. The topological polar surface area (TPSA) is 75.7 Å². The molecule has 28 heavy (non-hydrogen) atoms. The maximum atomic E-state index is 13.0. The van der Waals surface area contributed by atoms with E-state index in [1.807, 2.05) is 13.0 Å². The zero-order valence-corrected chi connectivity index (χ0v) is 18.3. The van der Waals surface area contributed by atoms with Gasteiger partial charge in [0.15, 0.2) is 0 Å². The predicted molar refractivity (Wildman–Crippen MR) is 114 cm³/mol. The van der Waals surface area contributed by atoms with Gasteiger partial charge in [0.05, 0.1) is 24.7 Å². The molecule has 1 amide bonds. The second-order valence-corrected chi connectivity index (χ2v) is 9.04. The van der Waals surface area contributed by atoms with Crippen LogP contribution >= 0.6 is 23.2 Å². The van der Waals surface area contributed by atoms with Gasteiger partial charge >= 0.3 is 0 Å². The van der Waals surface area contributed by atoms with Crippen molar-refractivity contribution in [3.63, 3.8) is 0 Å². The maximum absolute atomic E-state index is 13.0. The van der Waals surface area contributed by atoms with Crippen LogP contribution in [0.1, 0.15) is 18.9 Å². The molecule has 0 fully saturated rings. The van der Waals surface area contributed by atoms with Gasteiger partial charge in [-0.1, -0.05) is 36.2 Å². The lowest BCUT2D eigenvalue weighted by Crippen LogP contribution is -2.47. The zero-order valence-electron chi connectivity index (χ0n) is 16.0. The molecule has 9 heteroatoms. The molecule has 0 radical (unpaired) electrons. The Bertz CT molecular complexity index is 960. The number of benzene rings is 2. The molecule has 0 saturated carbocycles. The quantitative estimate of drug-likeness (QED) is 0.681. The Kier molecular flexibility index (Phi) is 7.20. The molecule has 6 nitrogen and oxygen atoms in total. The number of amides is 1. The Labute approximate surface area is 175 Å². The number of hydrogen-bond donors (Lipinski definition) is 1. The highest BCUT2D eigenvalue weighted by atomic mass is 35.5. The third-order valence-electron chi connectivity index (χ3n) is 4.04. The zero-order chi connectivity index (χ0) is 21.1. The van der Waals surface area contributed by atoms with Crippen LogP contribution in [-0.2, 0) is 14.8 Å². The highest BCUT2D eigenvalue weighted by Crippen LogP contribution is 2.31. The van der Waals surface area contributed by atoms with Crippen molar-refractivity contribution in [2.24, 2.45) is 0 Å². The van der Waals surface area contributed by atoms with E-state index in [4.69, 9.17) is 27.9 Å². The third kappa shape index (κ3) is 5.31. The van der Waals surface area contributed by atoms with Gasteiger partial charge in [-0.3, -0.25) is 9.10 Å². The highest BCUT2D eigenvalue weighted by Gasteiger charge is 2.32. The maximum Gasteiger partial charge on any atom is 0.248 e. The van der Waals surface area contributed by atoms with E-state index in [9.17, 15) is 13.2 Å². The lowest BCUT2D eigenvalue weighted by molar-refractivity contribution is -0.117. The molecule has 1 atom stereocenters. The largest absolute Gasteiger partial charge is 0.495 e. The van der Waals surface area contributed by atoms with Crippen molar-refractivity contribution in [1.82, 2.24) is 0 Å². The van der Waals surface area contributed by atoms with E-state index >= 15 is 0 Å². The summed E-state index contributed by atoms with van der Waals surface area (Å²) in [5, 5.41) is 3.31. The van der Waals surface area contributed by atoms with Crippen LogP contribution in [0.25, 0.3) is 0 Å². The lowest BCUT2D eigenvalue weighted by atomic mass is 10.1. The van der Waals surface area contributed by atoms with E-state index in [2.05, 4.69) is 5.32 Å². The first-order valence-corrected chi connectivity index (χ1v) is 11.1. The van der Waals surface area contributed by atoms with Crippen LogP contribution in [0.2, 0.25) is 10.0 Å². The lowest BCUT2D eigenvalue weighted by Gasteiger charge is -2.30. The summed E-state index contributed by atoms with van der Waals surface area (Å²) >= 11 is 12.1. The monoisotopic (exact) mass is 444 g/mol. The molecule has 0 bridgehead atoms. The summed E-state index contributed by atoms with van der Waals surface area (Å²) in [7, 11) is -2.31. The summed E-state index contributed by atoms with van der Waals surface area (Å²) in [6.07, 6.45) is 1.27. The summed E-state index contributed by atoms with van der Waals surface area (Å²) in [6.45, 7) is 3.60. The van der Waals surface area contributed by atoms with E-state index in [1.54, 1.807) is 19.1 Å². The normalized spacial score (nSPS) is 12.4. The van der Waals surface area contributed by atoms with E-state index in [0.29, 0.717) is 11.4 Å². The third-order valence-corrected chi connectivity index (χ3v) is 5.66. The molecule has 0 spiro atoms. The van der Waals surface area contributed by atoms with Crippen molar-refractivity contribution in [1.29, 1.82) is 0 Å². The number of methoxy groups -OCH3 is 1. The minimum Gasteiger partial charge on any atom is -0.495 e. The second-order valence-electron chi connectivity index (χ2n) is 6.30. The number of hydrogen-bond acceptors (Lipinski definition) is 4. The van der Waals surface area contributed by atoms with Crippen LogP contribution in [0, 0.1) is 6.92 Å². The van der Waals surface area contributed by atoms with Crippen molar-refractivity contribution >= 4 is 50.5 Å². The number of aryl methyl sites for hydroxylation is 1. The Morgan fingerprint density at radius 1 is 1.18 bits per heavy atom. The second kappa shape index (κ2) is 9.03. The number of sulfonamides is 1. The van der Waals surface area contributed by atoms with E-state index in [-0.39, 0.29) is 22.2 Å². The standard InChI is InChI=1S/C19H22Cl2N2O4S/c1-5-17(19(24)22-16-8-12(2)6-7-18(16)27-3)23(28(4,25)26)15-10-13(20)9-14(21)11-15/h6-11,17H,5H2,1-4H3,(H,22,24)/t17-/m1/s1. The first kappa shape index (κ1) is 22.3. The number of carbonyl (C=O) groups is 1. The molecule has 0 aliphatic rings. The molecule has 1 N–H and O–H groups in total. The first-order chi connectivity index (χ1) is 13.1. The van der Waals surface area contributed by atoms with Crippen molar-refractivity contribution < 1.29 is 17.9 Å². The average molecular weight is 445 g/mol. The minimum absolute atomic E-state index is 0.221. The van der Waals surface area contributed by atoms with Crippen molar-refractivity contribution in [3.8, 4) is 5.75 Å². The molecule has 0 aliphatic carbocycles. The van der Waals surface area contributed by atoms with Gasteiger partial charge in [0.25, 0.3) is 0 Å². The fourth-order valence-electron chi connectivity index (χ4n) is 2.86. The van der Waals surface area contributed by atoms with Crippen molar-refractivity contribution in [3.05, 3.63) is 52.0 Å². The molecule has 0 heterocycles. The van der Waals surface area contributed by atoms with E-state index in [0.717, 1.165) is 16.1 Å². The number of ether oxygens (including phenoxy) is 1. The van der Waals surface area contributed by atoms with Gasteiger partial charge in [-0.05, 0) is 49.2 Å². The molecule has 2 aromatic carbocycles. The van der Waals surface area contributed by atoms with Gasteiger partial charge in [0, 0.05) is 10.0 Å². The number of anilines is 2. The summed E-state index contributed by atoms with van der Waals surface area (Å²) in [6, 6.07) is 8.74. The number of carbonyl (C=O) groups excluding carboxylic acids is 1. The summed E-state index contributed by atoms with van der Waals surface area (Å²) < 4.78 is 31.4. The number of nitrogens with one attached hydrogen (secondary N) is 1. The van der Waals surface area contributed by atoms with Gasteiger partial charge in [0.2, 0.25) is 15.9 Å². The molecule has 0 unspecified atom stereocenters. The summed E-state index contributed by atoms with van der Waals surface area (Å²) in [4.78, 5) is 13.0. The molecular formula is C19H22Cl2N2O4S. The fraction of sp³-hybridized carbons (Fsp3) is 0.316. The van der Waals surface area contributed by atoms with Gasteiger partial charge in [0.1, 0.15) is 11.8 Å². The highest BCUT2D eigenvalue weighted by molar-refractivity contribution is 7.92. The summed E-state index contributed by atoms with van der Waals surface area (Å²) in [5.74, 6) is -0.0153. The van der Waals surface area contributed by atoms with Crippen LogP contribution in [-0.4, -0.2) is 33.7 Å². The van der Waals surface area contributed by atoms with E-state index < -0.39 is 22.0 Å². The molecule has 0 aromatic heterocycles. The molecule has 0 saturated heterocycles. The Morgan fingerprint density at radius 2 is 1.79 bits per heavy atom. The van der Waals surface area contributed by atoms with Gasteiger partial charge in [-0.25, -0.2) is 8.42 Å². The molecule has 2 aromatic rings. The predicted octanol–water partition coefficient (Wildman–Crippen LogP) is 4.49. The van der Waals surface area contributed by atoms with Gasteiger partial charge < -0.3 is 10.1 Å². The van der Waals surface area contributed by atoms with E-state index in [1.165, 1.54) is 25.3 Å². The SMILES string of the molecule is CC[C@H](C(=O)Nc1cc(C)ccc1OC)N(c1cc(Cl)cc(Cl)c1)S(C)(=O)=O. The summed E-state index contributed by atoms with van der Waals surface area (Å²) in [5.41, 5.74) is 1.60. The number of nitrogens with zero attached hydrogens (tertiary/aromatic N) is 1. The molecule has 0 aliphatic heterocycles. The Hall–Kier alpha value is -1.96. The van der Waals surface area contributed by atoms with Crippen molar-refractivity contribution in [2.75, 3.05) is 23.0 Å². The Balaban J connectivity index is 2.47. The van der Waals surface area contributed by atoms with Crippen molar-refractivity contribution in [2.45, 2.75) is 26.3 Å². The van der Waals surface area contributed by atoms with Gasteiger partial charge in [-0.2, -0.15) is 0 Å².